The lowest BCUT2D eigenvalue weighted by Gasteiger charge is -2.42. The molecule has 2 nitrogen and oxygen atoms in total. The predicted molar refractivity (Wildman–Crippen MR) is 85.6 cm³/mol. The Morgan fingerprint density at radius 3 is 2.42 bits per heavy atom. The number of hydrogen-bond donors (Lipinski definition) is 1. The second kappa shape index (κ2) is 8.26. The minimum atomic E-state index is 0.533. The minimum absolute atomic E-state index is 0.533. The first-order chi connectivity index (χ1) is 8.97. The summed E-state index contributed by atoms with van der Waals surface area (Å²) in [6.07, 6.45) is 6.93. The number of hydrogen-bond acceptors (Lipinski definition) is 2. The van der Waals surface area contributed by atoms with E-state index in [4.69, 9.17) is 0 Å². The highest BCUT2D eigenvalue weighted by molar-refractivity contribution is 4.89. The van der Waals surface area contributed by atoms with Gasteiger partial charge in [-0.3, -0.25) is 0 Å². The standard InChI is InChI=1S/C17H36N2/c1-6-11-19(5)14-17(13-18-12-15(2)3)9-7-16(4)8-10-17/h15-16,18H,6-14H2,1-5H3. The fourth-order valence-corrected chi connectivity index (χ4v) is 3.42. The Morgan fingerprint density at radius 2 is 1.89 bits per heavy atom. The third kappa shape index (κ3) is 6.27. The fraction of sp³-hybridized carbons (Fsp3) is 1.00. The van der Waals surface area contributed by atoms with Crippen LogP contribution in [0.15, 0.2) is 0 Å². The highest BCUT2D eigenvalue weighted by Crippen LogP contribution is 2.39. The van der Waals surface area contributed by atoms with E-state index in [1.807, 2.05) is 0 Å². The van der Waals surface area contributed by atoms with Crippen molar-refractivity contribution in [2.75, 3.05) is 33.2 Å². The molecule has 0 heterocycles. The molecule has 1 saturated carbocycles. The lowest BCUT2D eigenvalue weighted by atomic mass is 9.70. The van der Waals surface area contributed by atoms with Crippen molar-refractivity contribution in [1.82, 2.24) is 10.2 Å². The van der Waals surface area contributed by atoms with Crippen LogP contribution in [-0.4, -0.2) is 38.1 Å². The molecule has 0 saturated heterocycles. The fourth-order valence-electron chi connectivity index (χ4n) is 3.42. The average molecular weight is 268 g/mol. The van der Waals surface area contributed by atoms with E-state index in [1.54, 1.807) is 0 Å². The van der Waals surface area contributed by atoms with Crippen molar-refractivity contribution in [1.29, 1.82) is 0 Å². The van der Waals surface area contributed by atoms with Gasteiger partial charge >= 0.3 is 0 Å². The van der Waals surface area contributed by atoms with Gasteiger partial charge in [0, 0.05) is 13.1 Å². The third-order valence-electron chi connectivity index (χ3n) is 4.60. The van der Waals surface area contributed by atoms with Crippen LogP contribution in [0.1, 0.15) is 59.8 Å². The van der Waals surface area contributed by atoms with Gasteiger partial charge in [0.25, 0.3) is 0 Å². The molecule has 0 aromatic heterocycles. The van der Waals surface area contributed by atoms with Gasteiger partial charge in [0.1, 0.15) is 0 Å². The van der Waals surface area contributed by atoms with E-state index in [9.17, 15) is 0 Å². The van der Waals surface area contributed by atoms with Gasteiger partial charge in [0.05, 0.1) is 0 Å². The summed E-state index contributed by atoms with van der Waals surface area (Å²) in [5.41, 5.74) is 0.533. The molecule has 0 aliphatic heterocycles. The Labute approximate surface area is 121 Å². The zero-order chi connectivity index (χ0) is 14.3. The van der Waals surface area contributed by atoms with Gasteiger partial charge in [0.15, 0.2) is 0 Å². The molecule has 19 heavy (non-hydrogen) atoms. The van der Waals surface area contributed by atoms with E-state index >= 15 is 0 Å². The summed E-state index contributed by atoms with van der Waals surface area (Å²) in [4.78, 5) is 2.55. The summed E-state index contributed by atoms with van der Waals surface area (Å²) in [5.74, 6) is 1.70. The van der Waals surface area contributed by atoms with Crippen molar-refractivity contribution in [3.63, 3.8) is 0 Å². The molecule has 0 spiro atoms. The van der Waals surface area contributed by atoms with Crippen LogP contribution in [0.2, 0.25) is 0 Å². The van der Waals surface area contributed by atoms with Crippen molar-refractivity contribution in [3.05, 3.63) is 0 Å². The first kappa shape index (κ1) is 17.0. The highest BCUT2D eigenvalue weighted by atomic mass is 15.1. The van der Waals surface area contributed by atoms with Crippen molar-refractivity contribution >= 4 is 0 Å². The maximum Gasteiger partial charge on any atom is 0.00471 e. The number of nitrogens with zero attached hydrogens (tertiary/aromatic N) is 1. The Balaban J connectivity index is 2.51. The first-order valence-electron chi connectivity index (χ1n) is 8.36. The van der Waals surface area contributed by atoms with Crippen molar-refractivity contribution in [2.24, 2.45) is 17.3 Å². The average Bonchev–Trinajstić information content (AvgIpc) is 2.33. The van der Waals surface area contributed by atoms with Crippen LogP contribution in [0.3, 0.4) is 0 Å². The van der Waals surface area contributed by atoms with Crippen LogP contribution in [0.4, 0.5) is 0 Å². The summed E-state index contributed by atoms with van der Waals surface area (Å²) in [7, 11) is 2.30. The summed E-state index contributed by atoms with van der Waals surface area (Å²) in [6, 6.07) is 0. The zero-order valence-electron chi connectivity index (χ0n) is 14.0. The van der Waals surface area contributed by atoms with Crippen molar-refractivity contribution < 1.29 is 0 Å². The van der Waals surface area contributed by atoms with E-state index in [0.29, 0.717) is 5.41 Å². The molecule has 0 radical (unpaired) electrons. The molecular weight excluding hydrogens is 232 g/mol. The van der Waals surface area contributed by atoms with Gasteiger partial charge in [-0.25, -0.2) is 0 Å². The lowest BCUT2D eigenvalue weighted by molar-refractivity contribution is 0.0981. The Bertz CT molecular complexity index is 229. The Hall–Kier alpha value is -0.0800. The summed E-state index contributed by atoms with van der Waals surface area (Å²) < 4.78 is 0. The number of nitrogens with one attached hydrogen (secondary N) is 1. The smallest absolute Gasteiger partial charge is 0.00471 e. The van der Waals surface area contributed by atoms with E-state index in [0.717, 1.165) is 18.4 Å². The maximum atomic E-state index is 3.73. The van der Waals surface area contributed by atoms with Crippen LogP contribution in [0, 0.1) is 17.3 Å². The summed E-state index contributed by atoms with van der Waals surface area (Å²) in [6.45, 7) is 14.2. The van der Waals surface area contributed by atoms with Gasteiger partial charge in [-0.1, -0.05) is 40.5 Å². The second-order valence-corrected chi connectivity index (χ2v) is 7.45. The second-order valence-electron chi connectivity index (χ2n) is 7.45. The quantitative estimate of drug-likeness (QED) is 0.721. The molecular formula is C17H36N2. The largest absolute Gasteiger partial charge is 0.316 e. The van der Waals surface area contributed by atoms with Crippen LogP contribution < -0.4 is 5.32 Å². The summed E-state index contributed by atoms with van der Waals surface area (Å²) >= 11 is 0. The molecule has 114 valence electrons. The lowest BCUT2D eigenvalue weighted by Crippen LogP contribution is -2.46. The summed E-state index contributed by atoms with van der Waals surface area (Å²) in [5, 5.41) is 3.73. The molecule has 0 aromatic carbocycles. The minimum Gasteiger partial charge on any atom is -0.316 e. The van der Waals surface area contributed by atoms with E-state index < -0.39 is 0 Å². The van der Waals surface area contributed by atoms with Crippen molar-refractivity contribution in [2.45, 2.75) is 59.8 Å². The van der Waals surface area contributed by atoms with Crippen LogP contribution in [0.25, 0.3) is 0 Å². The molecule has 0 aromatic rings. The molecule has 1 rings (SSSR count). The monoisotopic (exact) mass is 268 g/mol. The molecule has 1 fully saturated rings. The van der Waals surface area contributed by atoms with Crippen LogP contribution in [0.5, 0.6) is 0 Å². The van der Waals surface area contributed by atoms with Gasteiger partial charge < -0.3 is 10.2 Å². The van der Waals surface area contributed by atoms with Crippen molar-refractivity contribution in [3.8, 4) is 0 Å². The van der Waals surface area contributed by atoms with Crippen LogP contribution in [-0.2, 0) is 0 Å². The van der Waals surface area contributed by atoms with Gasteiger partial charge in [-0.2, -0.15) is 0 Å². The van der Waals surface area contributed by atoms with E-state index in [-0.39, 0.29) is 0 Å². The molecule has 0 amide bonds. The maximum absolute atomic E-state index is 3.73. The molecule has 1 aliphatic rings. The molecule has 0 unspecified atom stereocenters. The van der Waals surface area contributed by atoms with E-state index in [2.05, 4.69) is 45.0 Å². The third-order valence-corrected chi connectivity index (χ3v) is 4.60. The van der Waals surface area contributed by atoms with E-state index in [1.165, 1.54) is 51.7 Å². The highest BCUT2D eigenvalue weighted by Gasteiger charge is 2.34. The first-order valence-corrected chi connectivity index (χ1v) is 8.36. The molecule has 0 atom stereocenters. The SMILES string of the molecule is CCCN(C)CC1(CNCC(C)C)CCC(C)CC1. The van der Waals surface area contributed by atoms with Gasteiger partial charge in [-0.15, -0.1) is 0 Å². The molecule has 1 aliphatic carbocycles. The predicted octanol–water partition coefficient (Wildman–Crippen LogP) is 3.77. The van der Waals surface area contributed by atoms with Gasteiger partial charge in [0.2, 0.25) is 0 Å². The topological polar surface area (TPSA) is 15.3 Å². The Kier molecular flexibility index (Phi) is 7.38. The van der Waals surface area contributed by atoms with Crippen LogP contribution >= 0.6 is 0 Å². The molecule has 2 heteroatoms. The zero-order valence-corrected chi connectivity index (χ0v) is 14.0. The molecule has 1 N–H and O–H groups in total. The normalized spacial score (nSPS) is 28.3. The Morgan fingerprint density at radius 1 is 1.26 bits per heavy atom. The van der Waals surface area contributed by atoms with Gasteiger partial charge in [-0.05, 0) is 56.7 Å². The number of rotatable bonds is 8. The molecule has 0 bridgehead atoms.